The van der Waals surface area contributed by atoms with Gasteiger partial charge >= 0.3 is 0 Å². The van der Waals surface area contributed by atoms with Crippen LogP contribution in [-0.2, 0) is 0 Å². The topological polar surface area (TPSA) is 37.6 Å². The maximum absolute atomic E-state index is 13.1. The summed E-state index contributed by atoms with van der Waals surface area (Å²) >= 11 is 1.45. The number of imidazole rings is 1. The van der Waals surface area contributed by atoms with Gasteiger partial charge in [-0.15, -0.1) is 0 Å². The predicted molar refractivity (Wildman–Crippen MR) is 123 cm³/mol. The van der Waals surface area contributed by atoms with Gasteiger partial charge in [0.15, 0.2) is 4.96 Å². The zero-order chi connectivity index (χ0) is 20.5. The third-order valence-corrected chi connectivity index (χ3v) is 7.01. The summed E-state index contributed by atoms with van der Waals surface area (Å²) in [5.74, 6) is 0. The van der Waals surface area contributed by atoms with Gasteiger partial charge in [0.2, 0.25) is 0 Å². The smallest absolute Gasteiger partial charge is 0.274 e. The number of allylic oxidation sites excluding steroid dienone is 1. The van der Waals surface area contributed by atoms with E-state index in [2.05, 4.69) is 62.8 Å². The van der Waals surface area contributed by atoms with Gasteiger partial charge < -0.3 is 4.90 Å². The fourth-order valence-electron chi connectivity index (χ4n) is 4.23. The molecule has 0 atom stereocenters. The molecular weight excluding hydrogens is 378 g/mol. The molecule has 3 heterocycles. The van der Waals surface area contributed by atoms with Crippen molar-refractivity contribution in [2.75, 3.05) is 11.9 Å². The van der Waals surface area contributed by atoms with Crippen LogP contribution in [0.2, 0.25) is 0 Å². The highest BCUT2D eigenvalue weighted by molar-refractivity contribution is 7.15. The van der Waals surface area contributed by atoms with Gasteiger partial charge in [-0.2, -0.15) is 0 Å². The van der Waals surface area contributed by atoms with E-state index in [1.54, 1.807) is 4.40 Å². The first kappa shape index (κ1) is 18.1. The van der Waals surface area contributed by atoms with Crippen LogP contribution in [-0.4, -0.2) is 22.0 Å². The summed E-state index contributed by atoms with van der Waals surface area (Å²) in [7, 11) is 2.14. The van der Waals surface area contributed by atoms with E-state index in [0.29, 0.717) is 4.53 Å². The molecule has 5 rings (SSSR count). The van der Waals surface area contributed by atoms with Crippen LogP contribution in [0.1, 0.15) is 37.5 Å². The first-order valence-electron chi connectivity index (χ1n) is 9.76. The lowest BCUT2D eigenvalue weighted by Crippen LogP contribution is -2.42. The number of thiazole rings is 1. The Morgan fingerprint density at radius 2 is 1.90 bits per heavy atom. The summed E-state index contributed by atoms with van der Waals surface area (Å²) in [6, 6.07) is 12.2. The molecule has 0 spiro atoms. The quantitative estimate of drug-likeness (QED) is 0.475. The largest absolute Gasteiger partial charge is 0.365 e. The van der Waals surface area contributed by atoms with Crippen LogP contribution in [0.15, 0.2) is 47.3 Å². The predicted octanol–water partition coefficient (Wildman–Crippen LogP) is 4.40. The Labute approximate surface area is 173 Å². The number of para-hydroxylation sites is 2. The number of nitrogens with zero attached hydrogens (tertiary/aromatic N) is 3. The standard InChI is InChI=1S/C24H23N3OS/c1-14-10-20-17(15(2)13-24(3,4)26(20)5)11-16(14)12-21-22(28)27-19-9-7-6-8-18(19)25-23(27)29-21/h6-13H,1-5H3/b21-12-. The molecule has 0 saturated carbocycles. The van der Waals surface area contributed by atoms with E-state index in [4.69, 9.17) is 0 Å². The minimum absolute atomic E-state index is 0.00124. The number of fused-ring (bicyclic) bond motifs is 4. The number of aromatic nitrogens is 2. The molecule has 5 heteroatoms. The summed E-state index contributed by atoms with van der Waals surface area (Å²) in [5, 5.41) is 0. The van der Waals surface area contributed by atoms with Gasteiger partial charge in [-0.25, -0.2) is 9.38 Å². The highest BCUT2D eigenvalue weighted by Gasteiger charge is 2.28. The van der Waals surface area contributed by atoms with Crippen molar-refractivity contribution in [2.45, 2.75) is 33.2 Å². The van der Waals surface area contributed by atoms with Crippen molar-refractivity contribution in [1.82, 2.24) is 9.38 Å². The zero-order valence-corrected chi connectivity index (χ0v) is 18.1. The lowest BCUT2D eigenvalue weighted by atomic mass is 9.87. The molecule has 0 bridgehead atoms. The average Bonchev–Trinajstić information content (AvgIpc) is 3.17. The minimum atomic E-state index is -0.0168. The second kappa shape index (κ2) is 6.04. The van der Waals surface area contributed by atoms with Gasteiger partial charge in [-0.05, 0) is 74.7 Å². The maximum Gasteiger partial charge on any atom is 0.274 e. The van der Waals surface area contributed by atoms with Crippen LogP contribution < -0.4 is 15.0 Å². The summed E-state index contributed by atoms with van der Waals surface area (Å²) < 4.78 is 2.44. The zero-order valence-electron chi connectivity index (χ0n) is 17.3. The van der Waals surface area contributed by atoms with Crippen molar-refractivity contribution < 1.29 is 0 Å². The van der Waals surface area contributed by atoms with Crippen molar-refractivity contribution in [1.29, 1.82) is 0 Å². The molecule has 4 nitrogen and oxygen atoms in total. The van der Waals surface area contributed by atoms with E-state index >= 15 is 0 Å². The lowest BCUT2D eigenvalue weighted by molar-refractivity contribution is 0.597. The molecule has 1 aliphatic rings. The molecule has 2 aromatic heterocycles. The lowest BCUT2D eigenvalue weighted by Gasteiger charge is -2.41. The molecule has 0 fully saturated rings. The van der Waals surface area contributed by atoms with E-state index in [1.165, 1.54) is 28.2 Å². The Kier molecular flexibility index (Phi) is 3.77. The molecule has 29 heavy (non-hydrogen) atoms. The second-order valence-corrected chi connectivity index (χ2v) is 9.41. The van der Waals surface area contributed by atoms with Crippen LogP contribution >= 0.6 is 11.3 Å². The molecule has 0 aliphatic carbocycles. The van der Waals surface area contributed by atoms with Gasteiger partial charge in [0, 0.05) is 18.3 Å². The fourth-order valence-corrected chi connectivity index (χ4v) is 5.20. The molecule has 4 aromatic rings. The molecule has 146 valence electrons. The number of anilines is 1. The van der Waals surface area contributed by atoms with Gasteiger partial charge in [0.25, 0.3) is 5.56 Å². The number of hydrogen-bond acceptors (Lipinski definition) is 4. The van der Waals surface area contributed by atoms with Gasteiger partial charge in [-0.3, -0.25) is 4.79 Å². The summed E-state index contributed by atoms with van der Waals surface area (Å²) in [4.78, 5) is 20.8. The number of aryl methyl sites for hydroxylation is 1. The maximum atomic E-state index is 13.1. The van der Waals surface area contributed by atoms with Crippen LogP contribution in [0.5, 0.6) is 0 Å². The summed E-state index contributed by atoms with van der Waals surface area (Å²) in [6.45, 7) is 8.73. The molecule has 0 amide bonds. The van der Waals surface area contributed by atoms with E-state index in [9.17, 15) is 4.79 Å². The van der Waals surface area contributed by atoms with Crippen LogP contribution in [0.4, 0.5) is 5.69 Å². The normalized spacial score (nSPS) is 16.5. The molecule has 0 saturated heterocycles. The van der Waals surface area contributed by atoms with E-state index in [0.717, 1.165) is 27.1 Å². The molecular formula is C24H23N3OS. The third kappa shape index (κ3) is 2.64. The van der Waals surface area contributed by atoms with Gasteiger partial charge in [0.1, 0.15) is 0 Å². The van der Waals surface area contributed by atoms with Crippen molar-refractivity contribution in [3.8, 4) is 0 Å². The molecule has 0 N–H and O–H groups in total. The Bertz CT molecular complexity index is 1440. The first-order chi connectivity index (χ1) is 13.8. The van der Waals surface area contributed by atoms with E-state index in [1.807, 2.05) is 30.3 Å². The van der Waals surface area contributed by atoms with E-state index < -0.39 is 0 Å². The van der Waals surface area contributed by atoms with Crippen LogP contribution in [0.3, 0.4) is 0 Å². The van der Waals surface area contributed by atoms with Crippen molar-refractivity contribution in [3.05, 3.63) is 74.1 Å². The Hall–Kier alpha value is -2.92. The Balaban J connectivity index is 1.72. The number of hydrogen-bond donors (Lipinski definition) is 0. The summed E-state index contributed by atoms with van der Waals surface area (Å²) in [5.41, 5.74) is 7.69. The summed E-state index contributed by atoms with van der Waals surface area (Å²) in [6.07, 6.45) is 4.32. The minimum Gasteiger partial charge on any atom is -0.365 e. The highest BCUT2D eigenvalue weighted by atomic mass is 32.1. The molecule has 0 unspecified atom stereocenters. The highest BCUT2D eigenvalue weighted by Crippen LogP contribution is 2.39. The molecule has 0 radical (unpaired) electrons. The van der Waals surface area contributed by atoms with Crippen molar-refractivity contribution >= 4 is 44.7 Å². The SMILES string of the molecule is CC1=CC(C)(C)N(C)c2cc(C)c(/C=c3\sc4nc5ccccc5n4c3=O)cc21. The Morgan fingerprint density at radius 1 is 1.14 bits per heavy atom. The fraction of sp³-hybridized carbons (Fsp3) is 0.250. The van der Waals surface area contributed by atoms with Crippen molar-refractivity contribution in [3.63, 3.8) is 0 Å². The molecule has 2 aromatic carbocycles. The number of rotatable bonds is 1. The van der Waals surface area contributed by atoms with Gasteiger partial charge in [0.05, 0.1) is 21.1 Å². The van der Waals surface area contributed by atoms with Crippen molar-refractivity contribution in [2.24, 2.45) is 0 Å². The Morgan fingerprint density at radius 3 is 2.69 bits per heavy atom. The number of benzene rings is 2. The second-order valence-electron chi connectivity index (χ2n) is 8.40. The monoisotopic (exact) mass is 401 g/mol. The van der Waals surface area contributed by atoms with E-state index in [-0.39, 0.29) is 11.1 Å². The third-order valence-electron chi connectivity index (χ3n) is 6.04. The first-order valence-corrected chi connectivity index (χ1v) is 10.6. The van der Waals surface area contributed by atoms with Gasteiger partial charge in [-0.1, -0.05) is 29.5 Å². The number of likely N-dealkylation sites (N-methyl/N-ethyl adjacent to an activating group) is 1. The van der Waals surface area contributed by atoms with Crippen LogP contribution in [0.25, 0.3) is 27.6 Å². The van der Waals surface area contributed by atoms with Crippen LogP contribution in [0, 0.1) is 6.92 Å². The molecule has 1 aliphatic heterocycles. The average molecular weight is 402 g/mol.